The van der Waals surface area contributed by atoms with E-state index < -0.39 is 13.8 Å². The molecule has 0 aliphatic heterocycles. The molecular formula is C12H18F2OSi. The first-order valence-corrected chi connectivity index (χ1v) is 6.98. The van der Waals surface area contributed by atoms with E-state index in [1.54, 1.807) is 39.8 Å². The predicted molar refractivity (Wildman–Crippen MR) is 65.1 cm³/mol. The molecule has 0 spiro atoms. The van der Waals surface area contributed by atoms with Crippen molar-refractivity contribution in [2.75, 3.05) is 7.11 Å². The average Bonchev–Trinajstić information content (AvgIpc) is 2.15. The summed E-state index contributed by atoms with van der Waals surface area (Å²) in [5.74, 6) is 0.506. The lowest BCUT2D eigenvalue weighted by molar-refractivity contribution is 0.414. The van der Waals surface area contributed by atoms with Crippen molar-refractivity contribution in [3.05, 3.63) is 23.8 Å². The maximum absolute atomic E-state index is 14.2. The predicted octanol–water partition coefficient (Wildman–Crippen LogP) is 3.39. The Bertz CT molecular complexity index is 383. The smallest absolute Gasteiger partial charge is 0.460 e. The van der Waals surface area contributed by atoms with Gasteiger partial charge in [-0.15, -0.1) is 0 Å². The van der Waals surface area contributed by atoms with Crippen molar-refractivity contribution in [3.8, 4) is 5.75 Å². The van der Waals surface area contributed by atoms with Crippen LogP contribution in [0.5, 0.6) is 5.75 Å². The average molecular weight is 244 g/mol. The molecule has 0 fully saturated rings. The summed E-state index contributed by atoms with van der Waals surface area (Å²) in [5.41, 5.74) is 0.811. The summed E-state index contributed by atoms with van der Waals surface area (Å²) in [6.45, 7) is 6.58. The number of hydrogen-bond acceptors (Lipinski definition) is 1. The van der Waals surface area contributed by atoms with Crippen LogP contribution in [-0.4, -0.2) is 15.9 Å². The van der Waals surface area contributed by atoms with Crippen LogP contribution in [0.4, 0.5) is 8.22 Å². The summed E-state index contributed by atoms with van der Waals surface area (Å²) in [4.78, 5) is 0. The fourth-order valence-corrected chi connectivity index (χ4v) is 3.08. The van der Waals surface area contributed by atoms with Crippen LogP contribution in [0.2, 0.25) is 5.04 Å². The molecule has 0 bridgehead atoms. The van der Waals surface area contributed by atoms with E-state index in [-0.39, 0.29) is 5.19 Å². The molecule has 1 rings (SSSR count). The van der Waals surface area contributed by atoms with Crippen LogP contribution < -0.4 is 9.92 Å². The summed E-state index contributed by atoms with van der Waals surface area (Å²) >= 11 is 0. The van der Waals surface area contributed by atoms with E-state index in [1.165, 1.54) is 13.2 Å². The van der Waals surface area contributed by atoms with Crippen molar-refractivity contribution in [1.29, 1.82) is 0 Å². The van der Waals surface area contributed by atoms with Crippen LogP contribution in [0.1, 0.15) is 26.3 Å². The highest BCUT2D eigenvalue weighted by atomic mass is 28.4. The topological polar surface area (TPSA) is 9.23 Å². The largest absolute Gasteiger partial charge is 0.497 e. The lowest BCUT2D eigenvalue weighted by Crippen LogP contribution is -2.47. The maximum Gasteiger partial charge on any atom is 0.460 e. The van der Waals surface area contributed by atoms with E-state index in [0.717, 1.165) is 5.56 Å². The molecule has 0 amide bonds. The Morgan fingerprint density at radius 1 is 1.12 bits per heavy atom. The van der Waals surface area contributed by atoms with Gasteiger partial charge in [0, 0.05) is 10.2 Å². The number of aryl methyl sites for hydroxylation is 1. The Morgan fingerprint density at radius 3 is 2.12 bits per heavy atom. The second-order valence-corrected chi connectivity index (χ2v) is 8.29. The second kappa shape index (κ2) is 4.16. The van der Waals surface area contributed by atoms with Gasteiger partial charge in [-0.25, -0.2) is 0 Å². The van der Waals surface area contributed by atoms with E-state index in [9.17, 15) is 8.22 Å². The van der Waals surface area contributed by atoms with Gasteiger partial charge in [0.2, 0.25) is 0 Å². The number of benzene rings is 1. The first-order chi connectivity index (χ1) is 7.18. The molecule has 1 aromatic rings. The van der Waals surface area contributed by atoms with Crippen LogP contribution >= 0.6 is 0 Å². The highest BCUT2D eigenvalue weighted by Gasteiger charge is 2.50. The minimum Gasteiger partial charge on any atom is -0.497 e. The zero-order valence-electron chi connectivity index (χ0n) is 10.4. The fourth-order valence-electron chi connectivity index (χ4n) is 1.48. The van der Waals surface area contributed by atoms with E-state index in [4.69, 9.17) is 4.74 Å². The summed E-state index contributed by atoms with van der Waals surface area (Å²) in [6, 6.07) is 4.79. The fraction of sp³-hybridized carbons (Fsp3) is 0.500. The number of ether oxygens (including phenoxy) is 1. The van der Waals surface area contributed by atoms with Gasteiger partial charge in [-0.05, 0) is 24.6 Å². The number of methoxy groups -OCH3 is 1. The van der Waals surface area contributed by atoms with Gasteiger partial charge in [-0.2, -0.15) is 0 Å². The molecule has 0 N–H and O–H groups in total. The van der Waals surface area contributed by atoms with Crippen LogP contribution in [0.3, 0.4) is 0 Å². The zero-order valence-corrected chi connectivity index (χ0v) is 11.4. The normalized spacial score (nSPS) is 12.7. The summed E-state index contributed by atoms with van der Waals surface area (Å²) in [5, 5.41) is -0.817. The minimum atomic E-state index is -4.44. The SMILES string of the molecule is COc1cc(C)cc([Si](F)(F)C(C)(C)C)c1. The molecule has 0 saturated heterocycles. The highest BCUT2D eigenvalue weighted by Crippen LogP contribution is 2.38. The Kier molecular flexibility index (Phi) is 3.43. The monoisotopic (exact) mass is 244 g/mol. The zero-order chi connectivity index (χ0) is 12.6. The van der Waals surface area contributed by atoms with Gasteiger partial charge in [-0.3, -0.25) is 8.22 Å². The van der Waals surface area contributed by atoms with Gasteiger partial charge in [0.25, 0.3) is 0 Å². The quantitative estimate of drug-likeness (QED) is 0.572. The molecule has 0 atom stereocenters. The highest BCUT2D eigenvalue weighted by molar-refractivity contribution is 6.82. The van der Waals surface area contributed by atoms with E-state index in [0.29, 0.717) is 5.75 Å². The van der Waals surface area contributed by atoms with Gasteiger partial charge < -0.3 is 4.74 Å². The Labute approximate surface area is 96.8 Å². The first-order valence-electron chi connectivity index (χ1n) is 5.22. The standard InChI is InChI=1S/C12H18F2OSi/c1-9-6-10(15-5)8-11(7-9)16(13,14)12(2,3)4/h6-8H,1-5H3. The summed E-state index contributed by atoms with van der Waals surface area (Å²) in [7, 11) is -2.94. The lowest BCUT2D eigenvalue weighted by Gasteiger charge is -2.27. The van der Waals surface area contributed by atoms with Gasteiger partial charge in [0.1, 0.15) is 5.75 Å². The van der Waals surface area contributed by atoms with Gasteiger partial charge >= 0.3 is 8.74 Å². The van der Waals surface area contributed by atoms with Crippen LogP contribution in [0.25, 0.3) is 0 Å². The molecule has 1 aromatic carbocycles. The van der Waals surface area contributed by atoms with E-state index >= 15 is 0 Å². The summed E-state index contributed by atoms with van der Waals surface area (Å²) < 4.78 is 33.5. The molecule has 0 aliphatic rings. The van der Waals surface area contributed by atoms with Gasteiger partial charge in [0.15, 0.2) is 0 Å². The molecule has 0 heterocycles. The van der Waals surface area contributed by atoms with E-state index in [2.05, 4.69) is 0 Å². The number of hydrogen-bond donors (Lipinski definition) is 0. The van der Waals surface area contributed by atoms with Crippen molar-refractivity contribution in [2.24, 2.45) is 0 Å². The van der Waals surface area contributed by atoms with E-state index in [1.807, 2.05) is 0 Å². The van der Waals surface area contributed by atoms with Gasteiger partial charge in [0.05, 0.1) is 7.11 Å². The van der Waals surface area contributed by atoms with Crippen LogP contribution in [0.15, 0.2) is 18.2 Å². The van der Waals surface area contributed by atoms with Crippen molar-refractivity contribution in [2.45, 2.75) is 32.7 Å². The molecule has 16 heavy (non-hydrogen) atoms. The number of rotatable bonds is 2. The van der Waals surface area contributed by atoms with Crippen molar-refractivity contribution >= 4 is 13.9 Å². The second-order valence-electron chi connectivity index (χ2n) is 5.06. The Hall–Kier alpha value is -0.903. The minimum absolute atomic E-state index is 0.150. The third-order valence-electron chi connectivity index (χ3n) is 2.59. The van der Waals surface area contributed by atoms with Crippen molar-refractivity contribution in [1.82, 2.24) is 0 Å². The first kappa shape index (κ1) is 13.2. The van der Waals surface area contributed by atoms with Gasteiger partial charge in [-0.1, -0.05) is 26.8 Å². The third-order valence-corrected chi connectivity index (χ3v) is 5.49. The molecule has 0 saturated carbocycles. The molecule has 90 valence electrons. The molecular weight excluding hydrogens is 226 g/mol. The molecule has 0 aliphatic carbocycles. The van der Waals surface area contributed by atoms with Crippen LogP contribution in [-0.2, 0) is 0 Å². The molecule has 1 nitrogen and oxygen atoms in total. The van der Waals surface area contributed by atoms with Crippen molar-refractivity contribution in [3.63, 3.8) is 0 Å². The Morgan fingerprint density at radius 2 is 1.69 bits per heavy atom. The maximum atomic E-state index is 14.2. The van der Waals surface area contributed by atoms with Crippen molar-refractivity contribution < 1.29 is 13.0 Å². The van der Waals surface area contributed by atoms with Crippen LogP contribution in [0, 0.1) is 6.92 Å². The molecule has 4 heteroatoms. The molecule has 0 aromatic heterocycles. The molecule has 0 radical (unpaired) electrons. The number of halogens is 2. The summed E-state index contributed by atoms with van der Waals surface area (Å²) in [6.07, 6.45) is 0. The third kappa shape index (κ3) is 2.43. The molecule has 0 unspecified atom stereocenters. The Balaban J connectivity index is 3.27. The lowest BCUT2D eigenvalue weighted by atomic mass is 10.2.